The van der Waals surface area contributed by atoms with Crippen molar-refractivity contribution in [3.05, 3.63) is 0 Å². The fourth-order valence-corrected chi connectivity index (χ4v) is 2.53. The minimum Gasteiger partial charge on any atom is -0.480 e. The average molecular weight is 213 g/mol. The molecule has 0 aliphatic heterocycles. The van der Waals surface area contributed by atoms with Crippen molar-refractivity contribution in [1.29, 1.82) is 0 Å². The predicted molar refractivity (Wildman–Crippen MR) is 60.9 cm³/mol. The topological polar surface area (TPSA) is 40.5 Å². The summed E-state index contributed by atoms with van der Waals surface area (Å²) < 4.78 is 0. The van der Waals surface area contributed by atoms with Crippen LogP contribution in [-0.2, 0) is 4.79 Å². The summed E-state index contributed by atoms with van der Waals surface area (Å²) in [6, 6.07) is -0.282. The van der Waals surface area contributed by atoms with Crippen LogP contribution in [0.3, 0.4) is 0 Å². The van der Waals surface area contributed by atoms with Gasteiger partial charge in [0.2, 0.25) is 0 Å². The first-order valence-electron chi connectivity index (χ1n) is 6.08. The monoisotopic (exact) mass is 213 g/mol. The van der Waals surface area contributed by atoms with Crippen molar-refractivity contribution in [3.63, 3.8) is 0 Å². The van der Waals surface area contributed by atoms with E-state index in [1.165, 1.54) is 25.7 Å². The molecule has 1 N–H and O–H groups in total. The van der Waals surface area contributed by atoms with Gasteiger partial charge in [0.25, 0.3) is 0 Å². The van der Waals surface area contributed by atoms with Crippen LogP contribution in [0, 0.1) is 5.92 Å². The van der Waals surface area contributed by atoms with E-state index in [2.05, 4.69) is 0 Å². The Labute approximate surface area is 92.5 Å². The highest BCUT2D eigenvalue weighted by atomic mass is 16.4. The van der Waals surface area contributed by atoms with Crippen LogP contribution in [0.15, 0.2) is 0 Å². The molecule has 0 aromatic heterocycles. The molecule has 0 aromatic carbocycles. The average Bonchev–Trinajstić information content (AvgIpc) is 2.65. The number of rotatable bonds is 6. The fraction of sp³-hybridized carbons (Fsp3) is 0.917. The van der Waals surface area contributed by atoms with Gasteiger partial charge in [-0.05, 0) is 32.2 Å². The fourth-order valence-electron chi connectivity index (χ4n) is 2.53. The van der Waals surface area contributed by atoms with E-state index in [1.54, 1.807) is 0 Å². The number of hydrogen-bond donors (Lipinski definition) is 1. The van der Waals surface area contributed by atoms with Crippen molar-refractivity contribution >= 4 is 5.97 Å². The van der Waals surface area contributed by atoms with Gasteiger partial charge in [0.15, 0.2) is 0 Å². The van der Waals surface area contributed by atoms with Gasteiger partial charge >= 0.3 is 5.97 Å². The summed E-state index contributed by atoms with van der Waals surface area (Å²) in [5.41, 5.74) is 0. The lowest BCUT2D eigenvalue weighted by Crippen LogP contribution is -2.40. The smallest absolute Gasteiger partial charge is 0.320 e. The molecule has 3 nitrogen and oxygen atoms in total. The van der Waals surface area contributed by atoms with Crippen molar-refractivity contribution in [2.45, 2.75) is 51.5 Å². The van der Waals surface area contributed by atoms with Crippen LogP contribution in [0.1, 0.15) is 45.4 Å². The van der Waals surface area contributed by atoms with Crippen molar-refractivity contribution in [2.24, 2.45) is 5.92 Å². The molecule has 0 bridgehead atoms. The summed E-state index contributed by atoms with van der Waals surface area (Å²) in [4.78, 5) is 13.1. The van der Waals surface area contributed by atoms with Gasteiger partial charge in [-0.2, -0.15) is 0 Å². The molecular weight excluding hydrogens is 190 g/mol. The van der Waals surface area contributed by atoms with Crippen LogP contribution < -0.4 is 0 Å². The van der Waals surface area contributed by atoms with E-state index in [1.807, 2.05) is 18.9 Å². The molecule has 1 saturated carbocycles. The minimum atomic E-state index is -0.669. The Hall–Kier alpha value is -0.570. The standard InChI is InChI=1S/C12H23NO2/c1-3-6-11(12(14)15)13(2)9-10-7-4-5-8-10/h10-11H,3-9H2,1-2H3,(H,14,15). The maximum absolute atomic E-state index is 11.1. The summed E-state index contributed by atoms with van der Waals surface area (Å²) in [5, 5.41) is 9.11. The van der Waals surface area contributed by atoms with E-state index < -0.39 is 5.97 Å². The maximum Gasteiger partial charge on any atom is 0.320 e. The molecule has 1 aliphatic rings. The highest BCUT2D eigenvalue weighted by Gasteiger charge is 2.25. The van der Waals surface area contributed by atoms with E-state index in [0.29, 0.717) is 0 Å². The van der Waals surface area contributed by atoms with Gasteiger partial charge in [-0.1, -0.05) is 26.2 Å². The van der Waals surface area contributed by atoms with Crippen molar-refractivity contribution in [2.75, 3.05) is 13.6 Å². The van der Waals surface area contributed by atoms with E-state index in [4.69, 9.17) is 5.11 Å². The molecule has 88 valence electrons. The largest absolute Gasteiger partial charge is 0.480 e. The van der Waals surface area contributed by atoms with Gasteiger partial charge in [0.05, 0.1) is 0 Å². The number of carbonyl (C=O) groups is 1. The third-order valence-electron chi connectivity index (χ3n) is 3.40. The number of nitrogens with zero attached hydrogens (tertiary/aromatic N) is 1. The van der Waals surface area contributed by atoms with Gasteiger partial charge < -0.3 is 5.11 Å². The highest BCUT2D eigenvalue weighted by Crippen LogP contribution is 2.26. The van der Waals surface area contributed by atoms with Crippen LogP contribution in [0.4, 0.5) is 0 Å². The van der Waals surface area contributed by atoms with Crippen LogP contribution in [0.5, 0.6) is 0 Å². The Kier molecular flexibility index (Phi) is 5.09. The summed E-state index contributed by atoms with van der Waals surface area (Å²) in [6.07, 6.45) is 6.91. The molecule has 1 aliphatic carbocycles. The third-order valence-corrected chi connectivity index (χ3v) is 3.40. The normalized spacial score (nSPS) is 19.7. The maximum atomic E-state index is 11.1. The summed E-state index contributed by atoms with van der Waals surface area (Å²) in [7, 11) is 1.95. The van der Waals surface area contributed by atoms with Crippen LogP contribution in [0.25, 0.3) is 0 Å². The number of hydrogen-bond acceptors (Lipinski definition) is 2. The first kappa shape index (κ1) is 12.5. The van der Waals surface area contributed by atoms with Gasteiger partial charge in [-0.25, -0.2) is 0 Å². The molecule has 0 spiro atoms. The van der Waals surface area contributed by atoms with Crippen molar-refractivity contribution < 1.29 is 9.90 Å². The summed E-state index contributed by atoms with van der Waals surface area (Å²) in [5.74, 6) is 0.0612. The zero-order valence-corrected chi connectivity index (χ0v) is 9.91. The highest BCUT2D eigenvalue weighted by molar-refractivity contribution is 5.73. The van der Waals surface area contributed by atoms with Gasteiger partial charge in [-0.3, -0.25) is 9.69 Å². The van der Waals surface area contributed by atoms with Crippen molar-refractivity contribution in [3.8, 4) is 0 Å². The van der Waals surface area contributed by atoms with E-state index in [9.17, 15) is 4.79 Å². The number of carboxylic acid groups (broad SMARTS) is 1. The third kappa shape index (κ3) is 3.82. The zero-order valence-electron chi connectivity index (χ0n) is 9.91. The lowest BCUT2D eigenvalue weighted by Gasteiger charge is -2.26. The van der Waals surface area contributed by atoms with Gasteiger partial charge in [0, 0.05) is 6.54 Å². The molecule has 0 heterocycles. The summed E-state index contributed by atoms with van der Waals surface area (Å²) in [6.45, 7) is 3.00. The number of carboxylic acids is 1. The van der Waals surface area contributed by atoms with Gasteiger partial charge in [0.1, 0.15) is 6.04 Å². The molecule has 0 aromatic rings. The molecular formula is C12H23NO2. The first-order chi connectivity index (χ1) is 7.15. The molecule has 1 atom stereocenters. The van der Waals surface area contributed by atoms with Crippen LogP contribution in [0.2, 0.25) is 0 Å². The van der Waals surface area contributed by atoms with Gasteiger partial charge in [-0.15, -0.1) is 0 Å². The Morgan fingerprint density at radius 3 is 2.53 bits per heavy atom. The molecule has 0 amide bonds. The zero-order chi connectivity index (χ0) is 11.3. The Morgan fingerprint density at radius 1 is 1.47 bits per heavy atom. The van der Waals surface area contributed by atoms with E-state index in [-0.39, 0.29) is 6.04 Å². The molecule has 0 radical (unpaired) electrons. The lowest BCUT2D eigenvalue weighted by molar-refractivity contribution is -0.143. The second-order valence-electron chi connectivity index (χ2n) is 4.73. The Morgan fingerprint density at radius 2 is 2.07 bits per heavy atom. The number of aliphatic carboxylic acids is 1. The molecule has 1 rings (SSSR count). The molecule has 0 saturated heterocycles. The van der Waals surface area contributed by atoms with Crippen LogP contribution in [-0.4, -0.2) is 35.6 Å². The second kappa shape index (κ2) is 6.11. The minimum absolute atomic E-state index is 0.282. The summed E-state index contributed by atoms with van der Waals surface area (Å²) >= 11 is 0. The van der Waals surface area contributed by atoms with E-state index >= 15 is 0 Å². The molecule has 3 heteroatoms. The molecule has 1 unspecified atom stereocenters. The predicted octanol–water partition coefficient (Wildman–Crippen LogP) is 2.36. The van der Waals surface area contributed by atoms with Crippen molar-refractivity contribution in [1.82, 2.24) is 4.90 Å². The van der Waals surface area contributed by atoms with Crippen LogP contribution >= 0.6 is 0 Å². The first-order valence-corrected chi connectivity index (χ1v) is 6.08. The quantitative estimate of drug-likeness (QED) is 0.736. The SMILES string of the molecule is CCCC(C(=O)O)N(C)CC1CCCC1. The van der Waals surface area contributed by atoms with E-state index in [0.717, 1.165) is 25.3 Å². The lowest BCUT2D eigenvalue weighted by atomic mass is 10.1. The second-order valence-corrected chi connectivity index (χ2v) is 4.73. The Bertz CT molecular complexity index is 200. The number of likely N-dealkylation sites (N-methyl/N-ethyl adjacent to an activating group) is 1. The molecule has 1 fully saturated rings. The molecule has 15 heavy (non-hydrogen) atoms. The Balaban J connectivity index is 2.40.